The van der Waals surface area contributed by atoms with Gasteiger partial charge in [-0.2, -0.15) is 0 Å². The van der Waals surface area contributed by atoms with Crippen molar-refractivity contribution in [2.24, 2.45) is 0 Å². The van der Waals surface area contributed by atoms with E-state index in [0.29, 0.717) is 27.3 Å². The van der Waals surface area contributed by atoms with Crippen LogP contribution in [-0.4, -0.2) is 17.5 Å². The fourth-order valence-corrected chi connectivity index (χ4v) is 1.87. The highest BCUT2D eigenvalue weighted by molar-refractivity contribution is 6.35. The van der Waals surface area contributed by atoms with Gasteiger partial charge in [-0.05, 0) is 30.3 Å². The molecule has 5 nitrogen and oxygen atoms in total. The summed E-state index contributed by atoms with van der Waals surface area (Å²) in [4.78, 5) is 15.5. The molecular weight excluding hydrogens is 301 g/mol. The Hall–Kier alpha value is -1.98. The maximum atomic E-state index is 11.7. The van der Waals surface area contributed by atoms with E-state index in [1.165, 1.54) is 6.20 Å². The van der Waals surface area contributed by atoms with Crippen molar-refractivity contribution in [1.29, 1.82) is 0 Å². The second-order valence-electron chi connectivity index (χ2n) is 3.88. The minimum Gasteiger partial charge on any atom is -0.482 e. The molecule has 0 radical (unpaired) electrons. The molecule has 20 heavy (non-hydrogen) atoms. The number of hydrogen-bond acceptors (Lipinski definition) is 4. The quantitative estimate of drug-likeness (QED) is 0.910. The van der Waals surface area contributed by atoms with E-state index in [9.17, 15) is 4.79 Å². The zero-order valence-corrected chi connectivity index (χ0v) is 11.8. The molecule has 0 atom stereocenters. The summed E-state index contributed by atoms with van der Waals surface area (Å²) >= 11 is 11.7. The lowest BCUT2D eigenvalue weighted by atomic mass is 10.3. The highest BCUT2D eigenvalue weighted by atomic mass is 35.5. The largest absolute Gasteiger partial charge is 0.482 e. The number of nitrogen functional groups attached to an aromatic ring is 1. The predicted octanol–water partition coefficient (Wildman–Crippen LogP) is 2.99. The fraction of sp³-hybridized carbons (Fsp3) is 0.0769. The summed E-state index contributed by atoms with van der Waals surface area (Å²) in [6, 6.07) is 8.01. The SMILES string of the molecule is Nc1ccc(NC(=O)COc2ccc(Cl)cc2Cl)cn1. The molecule has 0 bridgehead atoms. The van der Waals surface area contributed by atoms with Gasteiger partial charge in [-0.3, -0.25) is 4.79 Å². The standard InChI is InChI=1S/C13H11Cl2N3O2/c14-8-1-3-11(10(15)5-8)20-7-13(19)18-9-2-4-12(16)17-6-9/h1-6H,7H2,(H2,16,17)(H,18,19). The monoisotopic (exact) mass is 311 g/mol. The van der Waals surface area contributed by atoms with Crippen LogP contribution in [0.15, 0.2) is 36.5 Å². The molecule has 0 unspecified atom stereocenters. The lowest BCUT2D eigenvalue weighted by Crippen LogP contribution is -2.20. The van der Waals surface area contributed by atoms with Gasteiger partial charge in [0.15, 0.2) is 6.61 Å². The molecule has 0 spiro atoms. The van der Waals surface area contributed by atoms with Crippen LogP contribution in [0.25, 0.3) is 0 Å². The number of nitrogens with zero attached hydrogens (tertiary/aromatic N) is 1. The molecular formula is C13H11Cl2N3O2. The number of amides is 1. The Morgan fingerprint density at radius 3 is 2.75 bits per heavy atom. The Bertz CT molecular complexity index is 618. The molecule has 3 N–H and O–H groups in total. The molecule has 2 rings (SSSR count). The number of halogens is 2. The van der Waals surface area contributed by atoms with Gasteiger partial charge in [-0.1, -0.05) is 23.2 Å². The molecule has 1 aromatic carbocycles. The number of hydrogen-bond donors (Lipinski definition) is 2. The molecule has 0 saturated heterocycles. The van der Waals surface area contributed by atoms with E-state index in [0.717, 1.165) is 0 Å². The van der Waals surface area contributed by atoms with Crippen LogP contribution >= 0.6 is 23.2 Å². The highest BCUT2D eigenvalue weighted by Gasteiger charge is 2.07. The molecule has 7 heteroatoms. The summed E-state index contributed by atoms with van der Waals surface area (Å²) in [6.07, 6.45) is 1.46. The van der Waals surface area contributed by atoms with E-state index in [2.05, 4.69) is 10.3 Å². The van der Waals surface area contributed by atoms with Crippen LogP contribution in [0.5, 0.6) is 5.75 Å². The Morgan fingerprint density at radius 2 is 2.10 bits per heavy atom. The predicted molar refractivity (Wildman–Crippen MR) is 79.2 cm³/mol. The summed E-state index contributed by atoms with van der Waals surface area (Å²) in [5.41, 5.74) is 5.98. The van der Waals surface area contributed by atoms with Crippen molar-refractivity contribution in [2.45, 2.75) is 0 Å². The molecule has 0 aliphatic rings. The average molecular weight is 312 g/mol. The van der Waals surface area contributed by atoms with E-state index < -0.39 is 0 Å². The normalized spacial score (nSPS) is 10.1. The first-order valence-corrected chi connectivity index (χ1v) is 6.39. The third-order valence-corrected chi connectivity index (χ3v) is 2.85. The average Bonchev–Trinajstić information content (AvgIpc) is 2.40. The maximum absolute atomic E-state index is 11.7. The number of aromatic nitrogens is 1. The number of benzene rings is 1. The van der Waals surface area contributed by atoms with Gasteiger partial charge in [-0.15, -0.1) is 0 Å². The molecule has 104 valence electrons. The van der Waals surface area contributed by atoms with Crippen LogP contribution in [0.1, 0.15) is 0 Å². The van der Waals surface area contributed by atoms with E-state index in [1.807, 2.05) is 0 Å². The van der Waals surface area contributed by atoms with Gasteiger partial charge in [0.05, 0.1) is 16.9 Å². The molecule has 0 fully saturated rings. The van der Waals surface area contributed by atoms with Crippen LogP contribution in [0.2, 0.25) is 10.0 Å². The van der Waals surface area contributed by atoms with Crippen molar-refractivity contribution in [1.82, 2.24) is 4.98 Å². The maximum Gasteiger partial charge on any atom is 0.262 e. The Kier molecular flexibility index (Phi) is 4.65. The van der Waals surface area contributed by atoms with E-state index in [4.69, 9.17) is 33.7 Å². The fourth-order valence-electron chi connectivity index (χ4n) is 1.41. The van der Waals surface area contributed by atoms with Crippen LogP contribution < -0.4 is 15.8 Å². The number of nitrogens with one attached hydrogen (secondary N) is 1. The van der Waals surface area contributed by atoms with Gasteiger partial charge in [0.1, 0.15) is 11.6 Å². The minimum atomic E-state index is -0.331. The van der Waals surface area contributed by atoms with Crippen molar-refractivity contribution in [2.75, 3.05) is 17.7 Å². The van der Waals surface area contributed by atoms with Crippen LogP contribution in [0, 0.1) is 0 Å². The van der Waals surface area contributed by atoms with Crippen molar-refractivity contribution in [3.8, 4) is 5.75 Å². The van der Waals surface area contributed by atoms with Crippen LogP contribution in [-0.2, 0) is 4.79 Å². The molecule has 1 amide bonds. The molecule has 1 aromatic heterocycles. The Labute approximate surface area is 125 Å². The number of ether oxygens (including phenoxy) is 1. The van der Waals surface area contributed by atoms with Crippen molar-refractivity contribution >= 4 is 40.6 Å². The Morgan fingerprint density at radius 1 is 1.30 bits per heavy atom. The zero-order valence-electron chi connectivity index (χ0n) is 10.3. The van der Waals surface area contributed by atoms with Gasteiger partial charge in [-0.25, -0.2) is 4.98 Å². The van der Waals surface area contributed by atoms with Crippen molar-refractivity contribution < 1.29 is 9.53 Å². The third kappa shape index (κ3) is 4.01. The highest BCUT2D eigenvalue weighted by Crippen LogP contribution is 2.27. The van der Waals surface area contributed by atoms with Gasteiger partial charge in [0, 0.05) is 5.02 Å². The molecule has 0 aliphatic heterocycles. The van der Waals surface area contributed by atoms with E-state index >= 15 is 0 Å². The van der Waals surface area contributed by atoms with Crippen molar-refractivity contribution in [3.63, 3.8) is 0 Å². The van der Waals surface area contributed by atoms with E-state index in [-0.39, 0.29) is 12.5 Å². The number of rotatable bonds is 4. The first kappa shape index (κ1) is 14.4. The Balaban J connectivity index is 1.90. The summed E-state index contributed by atoms with van der Waals surface area (Å²) in [5, 5.41) is 3.47. The second kappa shape index (κ2) is 6.45. The smallest absolute Gasteiger partial charge is 0.262 e. The lowest BCUT2D eigenvalue weighted by molar-refractivity contribution is -0.118. The van der Waals surface area contributed by atoms with Gasteiger partial charge < -0.3 is 15.8 Å². The number of nitrogens with two attached hydrogens (primary N) is 1. The topological polar surface area (TPSA) is 77.2 Å². The molecule has 1 heterocycles. The lowest BCUT2D eigenvalue weighted by Gasteiger charge is -2.08. The summed E-state index contributed by atoms with van der Waals surface area (Å²) in [7, 11) is 0. The molecule has 2 aromatic rings. The van der Waals surface area contributed by atoms with Crippen molar-refractivity contribution in [3.05, 3.63) is 46.6 Å². The van der Waals surface area contributed by atoms with Crippen LogP contribution in [0.3, 0.4) is 0 Å². The number of anilines is 2. The number of carbonyl (C=O) groups is 1. The summed E-state index contributed by atoms with van der Waals surface area (Å²) in [6.45, 7) is -0.175. The van der Waals surface area contributed by atoms with E-state index in [1.54, 1.807) is 30.3 Å². The zero-order chi connectivity index (χ0) is 14.5. The summed E-state index contributed by atoms with van der Waals surface area (Å²) in [5.74, 6) is 0.441. The molecule has 0 aliphatic carbocycles. The van der Waals surface area contributed by atoms with Crippen LogP contribution in [0.4, 0.5) is 11.5 Å². The second-order valence-corrected chi connectivity index (χ2v) is 4.73. The number of carbonyl (C=O) groups excluding carboxylic acids is 1. The van der Waals surface area contributed by atoms with Gasteiger partial charge >= 0.3 is 0 Å². The first-order chi connectivity index (χ1) is 9.54. The number of pyridine rings is 1. The van der Waals surface area contributed by atoms with Gasteiger partial charge in [0.25, 0.3) is 5.91 Å². The molecule has 0 saturated carbocycles. The summed E-state index contributed by atoms with van der Waals surface area (Å²) < 4.78 is 5.30. The minimum absolute atomic E-state index is 0.175. The third-order valence-electron chi connectivity index (χ3n) is 2.32. The van der Waals surface area contributed by atoms with Gasteiger partial charge in [0.2, 0.25) is 0 Å². The first-order valence-electron chi connectivity index (χ1n) is 5.64.